The van der Waals surface area contributed by atoms with Crippen molar-refractivity contribution < 1.29 is 9.59 Å². The van der Waals surface area contributed by atoms with Crippen molar-refractivity contribution in [2.75, 3.05) is 6.54 Å². The van der Waals surface area contributed by atoms with E-state index in [1.807, 2.05) is 29.0 Å². The van der Waals surface area contributed by atoms with E-state index in [0.29, 0.717) is 6.54 Å². The third kappa shape index (κ3) is 3.89. The molecule has 0 fully saturated rings. The second kappa shape index (κ2) is 6.81. The molecule has 5 nitrogen and oxygen atoms in total. The SMILES string of the molecule is CC(=O)NCC(=O)NCc1cccnc1-c1ccsc1. The van der Waals surface area contributed by atoms with Crippen molar-refractivity contribution >= 4 is 23.2 Å². The van der Waals surface area contributed by atoms with Gasteiger partial charge in [-0.05, 0) is 23.1 Å². The monoisotopic (exact) mass is 289 g/mol. The van der Waals surface area contributed by atoms with E-state index in [-0.39, 0.29) is 18.4 Å². The summed E-state index contributed by atoms with van der Waals surface area (Å²) in [5.41, 5.74) is 2.86. The Hall–Kier alpha value is -2.21. The summed E-state index contributed by atoms with van der Waals surface area (Å²) in [4.78, 5) is 26.7. The molecule has 0 aromatic carbocycles. The highest BCUT2D eigenvalue weighted by Crippen LogP contribution is 2.23. The van der Waals surface area contributed by atoms with Crippen molar-refractivity contribution in [1.29, 1.82) is 0 Å². The van der Waals surface area contributed by atoms with Crippen LogP contribution in [0.1, 0.15) is 12.5 Å². The standard InChI is InChI=1S/C14H15N3O2S/c1-10(18)16-8-13(19)17-7-11-3-2-5-15-14(11)12-4-6-20-9-12/h2-6,9H,7-8H2,1H3,(H,16,18)(H,17,19). The normalized spacial score (nSPS) is 10.1. The molecule has 2 amide bonds. The lowest BCUT2D eigenvalue weighted by Crippen LogP contribution is -2.35. The quantitative estimate of drug-likeness (QED) is 0.877. The number of aromatic nitrogens is 1. The van der Waals surface area contributed by atoms with Gasteiger partial charge in [0.25, 0.3) is 0 Å². The first-order valence-corrected chi connectivity index (χ1v) is 7.08. The molecule has 104 valence electrons. The predicted molar refractivity (Wildman–Crippen MR) is 78.1 cm³/mol. The van der Waals surface area contributed by atoms with E-state index in [1.54, 1.807) is 17.5 Å². The molecule has 2 heterocycles. The van der Waals surface area contributed by atoms with Crippen molar-refractivity contribution in [3.8, 4) is 11.3 Å². The van der Waals surface area contributed by atoms with Gasteiger partial charge in [-0.3, -0.25) is 14.6 Å². The highest BCUT2D eigenvalue weighted by molar-refractivity contribution is 7.08. The van der Waals surface area contributed by atoms with Gasteiger partial charge in [0.05, 0.1) is 12.2 Å². The first-order valence-electron chi connectivity index (χ1n) is 6.14. The summed E-state index contributed by atoms with van der Waals surface area (Å²) in [6.07, 6.45) is 1.73. The summed E-state index contributed by atoms with van der Waals surface area (Å²) in [6.45, 7) is 1.75. The number of nitrogens with one attached hydrogen (secondary N) is 2. The number of amides is 2. The second-order valence-electron chi connectivity index (χ2n) is 4.21. The minimum atomic E-state index is -0.222. The molecular weight excluding hydrogens is 274 g/mol. The Bertz CT molecular complexity index is 596. The number of rotatable bonds is 5. The Morgan fingerprint density at radius 3 is 2.85 bits per heavy atom. The predicted octanol–water partition coefficient (Wildman–Crippen LogP) is 1.56. The van der Waals surface area contributed by atoms with E-state index in [9.17, 15) is 9.59 Å². The second-order valence-corrected chi connectivity index (χ2v) is 4.99. The van der Waals surface area contributed by atoms with Gasteiger partial charge < -0.3 is 10.6 Å². The van der Waals surface area contributed by atoms with Gasteiger partial charge in [-0.1, -0.05) is 6.07 Å². The molecule has 0 radical (unpaired) electrons. The fourth-order valence-electron chi connectivity index (χ4n) is 1.70. The van der Waals surface area contributed by atoms with Crippen molar-refractivity contribution in [3.63, 3.8) is 0 Å². The molecule has 0 spiro atoms. The Labute approximate surface area is 121 Å². The van der Waals surface area contributed by atoms with Crippen LogP contribution in [0.4, 0.5) is 0 Å². The molecule has 0 aliphatic rings. The maximum atomic E-state index is 11.6. The average molecular weight is 289 g/mol. The summed E-state index contributed by atoms with van der Waals surface area (Å²) in [5.74, 6) is -0.444. The van der Waals surface area contributed by atoms with Gasteiger partial charge in [-0.2, -0.15) is 11.3 Å². The van der Waals surface area contributed by atoms with Crippen molar-refractivity contribution in [2.24, 2.45) is 0 Å². The van der Waals surface area contributed by atoms with E-state index in [4.69, 9.17) is 0 Å². The van der Waals surface area contributed by atoms with Crippen LogP contribution in [0.5, 0.6) is 0 Å². The molecule has 0 saturated heterocycles. The molecule has 2 N–H and O–H groups in total. The molecule has 0 aliphatic heterocycles. The van der Waals surface area contributed by atoms with Crippen LogP contribution < -0.4 is 10.6 Å². The molecule has 0 saturated carbocycles. The van der Waals surface area contributed by atoms with E-state index >= 15 is 0 Å². The highest BCUT2D eigenvalue weighted by atomic mass is 32.1. The van der Waals surface area contributed by atoms with Crippen LogP contribution in [0.25, 0.3) is 11.3 Å². The third-order valence-corrected chi connectivity index (χ3v) is 3.34. The molecule has 2 aromatic rings. The van der Waals surface area contributed by atoms with Gasteiger partial charge in [-0.25, -0.2) is 0 Å². The third-order valence-electron chi connectivity index (χ3n) is 2.66. The molecule has 2 aromatic heterocycles. The number of thiophene rings is 1. The Balaban J connectivity index is 2.00. The zero-order valence-corrected chi connectivity index (χ0v) is 11.9. The number of pyridine rings is 1. The molecule has 2 rings (SSSR count). The fraction of sp³-hybridized carbons (Fsp3) is 0.214. The summed E-state index contributed by atoms with van der Waals surface area (Å²) in [6, 6.07) is 5.76. The molecule has 6 heteroatoms. The maximum Gasteiger partial charge on any atom is 0.239 e. The lowest BCUT2D eigenvalue weighted by Gasteiger charge is -2.09. The minimum Gasteiger partial charge on any atom is -0.350 e. The van der Waals surface area contributed by atoms with Gasteiger partial charge in [0.1, 0.15) is 0 Å². The van der Waals surface area contributed by atoms with Gasteiger partial charge in [0.15, 0.2) is 0 Å². The largest absolute Gasteiger partial charge is 0.350 e. The lowest BCUT2D eigenvalue weighted by molar-refractivity contribution is -0.125. The maximum absolute atomic E-state index is 11.6. The van der Waals surface area contributed by atoms with Crippen molar-refractivity contribution in [3.05, 3.63) is 40.7 Å². The molecule has 0 atom stereocenters. The van der Waals surface area contributed by atoms with Crippen molar-refractivity contribution in [2.45, 2.75) is 13.5 Å². The molecule has 0 aliphatic carbocycles. The minimum absolute atomic E-state index is 0.0105. The number of nitrogens with zero attached hydrogens (tertiary/aromatic N) is 1. The Kier molecular flexibility index (Phi) is 4.84. The summed E-state index contributed by atoms with van der Waals surface area (Å²) < 4.78 is 0. The van der Waals surface area contributed by atoms with Crippen LogP contribution in [-0.4, -0.2) is 23.3 Å². The molecule has 0 bridgehead atoms. The number of hydrogen-bond acceptors (Lipinski definition) is 4. The lowest BCUT2D eigenvalue weighted by atomic mass is 10.1. The first-order chi connectivity index (χ1) is 9.66. The fourth-order valence-corrected chi connectivity index (χ4v) is 2.34. The summed E-state index contributed by atoms with van der Waals surface area (Å²) in [7, 11) is 0. The van der Waals surface area contributed by atoms with Gasteiger partial charge in [0, 0.05) is 30.6 Å². The van der Waals surface area contributed by atoms with Gasteiger partial charge >= 0.3 is 0 Å². The van der Waals surface area contributed by atoms with E-state index in [0.717, 1.165) is 16.8 Å². The van der Waals surface area contributed by atoms with Crippen LogP contribution in [0.15, 0.2) is 35.2 Å². The van der Waals surface area contributed by atoms with E-state index in [1.165, 1.54) is 6.92 Å². The number of hydrogen-bond donors (Lipinski definition) is 2. The van der Waals surface area contributed by atoms with Crippen LogP contribution in [-0.2, 0) is 16.1 Å². The first kappa shape index (κ1) is 14.2. The smallest absolute Gasteiger partial charge is 0.239 e. The topological polar surface area (TPSA) is 71.1 Å². The number of carbonyl (C=O) groups is 2. The average Bonchev–Trinajstić information content (AvgIpc) is 2.97. The van der Waals surface area contributed by atoms with E-state index < -0.39 is 0 Å². The number of carbonyl (C=O) groups excluding carboxylic acids is 2. The molecule has 0 unspecified atom stereocenters. The Morgan fingerprint density at radius 1 is 1.30 bits per heavy atom. The Morgan fingerprint density at radius 2 is 2.15 bits per heavy atom. The summed E-state index contributed by atoms with van der Waals surface area (Å²) >= 11 is 1.60. The zero-order valence-electron chi connectivity index (χ0n) is 11.1. The van der Waals surface area contributed by atoms with E-state index in [2.05, 4.69) is 15.6 Å². The molecular formula is C14H15N3O2S. The summed E-state index contributed by atoms with van der Waals surface area (Å²) in [5, 5.41) is 9.23. The van der Waals surface area contributed by atoms with Crippen LogP contribution >= 0.6 is 11.3 Å². The highest BCUT2D eigenvalue weighted by Gasteiger charge is 2.08. The zero-order chi connectivity index (χ0) is 14.4. The van der Waals surface area contributed by atoms with Crippen LogP contribution in [0.3, 0.4) is 0 Å². The van der Waals surface area contributed by atoms with Gasteiger partial charge in [-0.15, -0.1) is 0 Å². The van der Waals surface area contributed by atoms with Gasteiger partial charge in [0.2, 0.25) is 11.8 Å². The van der Waals surface area contributed by atoms with Crippen LogP contribution in [0, 0.1) is 0 Å². The van der Waals surface area contributed by atoms with Crippen LogP contribution in [0.2, 0.25) is 0 Å². The van der Waals surface area contributed by atoms with Crippen molar-refractivity contribution in [1.82, 2.24) is 15.6 Å². The molecule has 20 heavy (non-hydrogen) atoms.